The highest BCUT2D eigenvalue weighted by Gasteiger charge is 2.34. The van der Waals surface area contributed by atoms with Gasteiger partial charge in [-0.15, -0.1) is 0 Å². The minimum Gasteiger partial charge on any atom is -0.374 e. The SMILES string of the molecule is CC(=O)Nc1ccc(-c2ccc(NCC(=O)Nc3ccc(CN4CC[NH2+]CC4)c(C(F)(F)F)c3)c(F)c2)cn1. The van der Waals surface area contributed by atoms with Crippen LogP contribution < -0.4 is 21.3 Å². The summed E-state index contributed by atoms with van der Waals surface area (Å²) in [5, 5.41) is 9.79. The standard InChI is InChI=1S/C27H28F4N6O2/c1-17(38)35-25-7-4-19(14-34-25)18-3-6-24(23(28)12-18)33-15-26(39)36-21-5-2-20(22(13-21)27(29,30)31)16-37-10-8-32-9-11-37/h2-7,12-14,32-33H,8-11,15-16H2,1H3,(H,36,39)(H,34,35,38)/p+1. The lowest BCUT2D eigenvalue weighted by Crippen LogP contribution is -2.89. The number of anilines is 3. The van der Waals surface area contributed by atoms with Crippen molar-refractivity contribution >= 4 is 29.0 Å². The van der Waals surface area contributed by atoms with Crippen molar-refractivity contribution in [3.63, 3.8) is 0 Å². The fraction of sp³-hybridized carbons (Fsp3) is 0.296. The number of nitrogens with one attached hydrogen (secondary N) is 3. The number of pyridine rings is 1. The summed E-state index contributed by atoms with van der Waals surface area (Å²) in [6.45, 7) is 4.30. The van der Waals surface area contributed by atoms with Crippen LogP contribution in [0.15, 0.2) is 54.7 Å². The van der Waals surface area contributed by atoms with Gasteiger partial charge in [0.25, 0.3) is 0 Å². The molecule has 2 amide bonds. The Morgan fingerprint density at radius 3 is 2.38 bits per heavy atom. The molecule has 4 rings (SSSR count). The van der Waals surface area contributed by atoms with Crippen molar-refractivity contribution in [2.75, 3.05) is 48.7 Å². The van der Waals surface area contributed by atoms with Crippen molar-refractivity contribution in [2.24, 2.45) is 0 Å². The molecule has 206 valence electrons. The number of hydrogen-bond donors (Lipinski definition) is 4. The third kappa shape index (κ3) is 7.74. The number of carbonyl (C=O) groups is 2. The summed E-state index contributed by atoms with van der Waals surface area (Å²) in [5.74, 6) is -1.13. The quantitative estimate of drug-likeness (QED) is 0.326. The molecular weight excluding hydrogens is 516 g/mol. The minimum absolute atomic E-state index is 0.0101. The van der Waals surface area contributed by atoms with Gasteiger partial charge in [-0.1, -0.05) is 12.1 Å². The molecule has 1 aliphatic heterocycles. The predicted molar refractivity (Wildman–Crippen MR) is 139 cm³/mol. The fourth-order valence-electron chi connectivity index (χ4n) is 4.30. The number of hydrogen-bond acceptors (Lipinski definition) is 5. The lowest BCUT2D eigenvalue weighted by molar-refractivity contribution is -0.663. The molecule has 2 heterocycles. The van der Waals surface area contributed by atoms with Crippen molar-refractivity contribution in [2.45, 2.75) is 19.6 Å². The molecule has 0 atom stereocenters. The minimum atomic E-state index is -4.57. The molecule has 0 aliphatic carbocycles. The van der Waals surface area contributed by atoms with E-state index < -0.39 is 23.5 Å². The summed E-state index contributed by atoms with van der Waals surface area (Å²) in [7, 11) is 0. The number of amides is 2. The van der Waals surface area contributed by atoms with Crippen LogP contribution in [0.1, 0.15) is 18.1 Å². The van der Waals surface area contributed by atoms with Gasteiger partial charge in [-0.05, 0) is 47.5 Å². The zero-order valence-electron chi connectivity index (χ0n) is 21.2. The predicted octanol–water partition coefficient (Wildman–Crippen LogP) is 3.29. The Balaban J connectivity index is 1.37. The zero-order valence-corrected chi connectivity index (χ0v) is 21.2. The Morgan fingerprint density at radius 1 is 1.00 bits per heavy atom. The summed E-state index contributed by atoms with van der Waals surface area (Å²) >= 11 is 0. The Morgan fingerprint density at radius 2 is 1.74 bits per heavy atom. The second-order valence-electron chi connectivity index (χ2n) is 9.22. The van der Waals surface area contributed by atoms with E-state index in [1.165, 1.54) is 37.4 Å². The smallest absolute Gasteiger partial charge is 0.374 e. The highest BCUT2D eigenvalue weighted by molar-refractivity contribution is 5.94. The van der Waals surface area contributed by atoms with E-state index in [9.17, 15) is 27.2 Å². The van der Waals surface area contributed by atoms with Gasteiger partial charge in [0.05, 0.1) is 30.9 Å². The number of nitrogens with two attached hydrogens (primary N) is 1. The maximum atomic E-state index is 14.7. The van der Waals surface area contributed by atoms with Gasteiger partial charge >= 0.3 is 6.18 Å². The molecule has 8 nitrogen and oxygen atoms in total. The first-order chi connectivity index (χ1) is 18.6. The van der Waals surface area contributed by atoms with Crippen LogP contribution in [0.3, 0.4) is 0 Å². The number of aromatic nitrogens is 1. The molecular formula is C27H29F4N6O2+. The average molecular weight is 546 g/mol. The van der Waals surface area contributed by atoms with Gasteiger partial charge in [-0.3, -0.25) is 14.5 Å². The van der Waals surface area contributed by atoms with Crippen LogP contribution >= 0.6 is 0 Å². The fourth-order valence-corrected chi connectivity index (χ4v) is 4.30. The average Bonchev–Trinajstić information content (AvgIpc) is 2.89. The molecule has 39 heavy (non-hydrogen) atoms. The van der Waals surface area contributed by atoms with Gasteiger partial charge in [0, 0.05) is 44.0 Å². The molecule has 0 radical (unpaired) electrons. The lowest BCUT2D eigenvalue weighted by atomic mass is 10.0. The van der Waals surface area contributed by atoms with Crippen molar-refractivity contribution in [1.82, 2.24) is 9.88 Å². The Kier molecular flexibility index (Phi) is 8.77. The molecule has 0 spiro atoms. The lowest BCUT2D eigenvalue weighted by Gasteiger charge is -2.26. The molecule has 0 unspecified atom stereocenters. The molecule has 5 N–H and O–H groups in total. The molecule has 1 aliphatic rings. The molecule has 12 heteroatoms. The van der Waals surface area contributed by atoms with E-state index in [1.807, 2.05) is 4.90 Å². The summed E-state index contributed by atoms with van der Waals surface area (Å²) < 4.78 is 55.9. The summed E-state index contributed by atoms with van der Waals surface area (Å²) in [5.41, 5.74) is 0.589. The number of alkyl halides is 3. The maximum Gasteiger partial charge on any atom is 0.416 e. The van der Waals surface area contributed by atoms with Gasteiger partial charge in [0.2, 0.25) is 11.8 Å². The number of halogens is 4. The van der Waals surface area contributed by atoms with E-state index >= 15 is 0 Å². The van der Waals surface area contributed by atoms with E-state index in [2.05, 4.69) is 26.3 Å². The Hall–Kier alpha value is -4.03. The topological polar surface area (TPSA) is 103 Å². The molecule has 0 saturated carbocycles. The van der Waals surface area contributed by atoms with Crippen molar-refractivity contribution in [3.05, 3.63) is 71.7 Å². The molecule has 0 bridgehead atoms. The van der Waals surface area contributed by atoms with Gasteiger partial charge in [-0.2, -0.15) is 13.2 Å². The number of benzene rings is 2. The van der Waals surface area contributed by atoms with E-state index in [1.54, 1.807) is 18.2 Å². The third-order valence-corrected chi connectivity index (χ3v) is 6.20. The van der Waals surface area contributed by atoms with Gasteiger partial charge < -0.3 is 21.3 Å². The summed E-state index contributed by atoms with van der Waals surface area (Å²) in [4.78, 5) is 29.6. The first-order valence-corrected chi connectivity index (χ1v) is 12.4. The summed E-state index contributed by atoms with van der Waals surface area (Å²) in [6.07, 6.45) is -3.08. The number of rotatable bonds is 8. The van der Waals surface area contributed by atoms with Crippen molar-refractivity contribution in [1.29, 1.82) is 0 Å². The monoisotopic (exact) mass is 545 g/mol. The van der Waals surface area contributed by atoms with Gasteiger partial charge in [0.15, 0.2) is 0 Å². The largest absolute Gasteiger partial charge is 0.416 e. The highest BCUT2D eigenvalue weighted by Crippen LogP contribution is 2.34. The molecule has 1 aromatic heterocycles. The van der Waals surface area contributed by atoms with Crippen molar-refractivity contribution in [3.8, 4) is 11.1 Å². The van der Waals surface area contributed by atoms with Crippen LogP contribution in [-0.2, 0) is 22.3 Å². The summed E-state index contributed by atoms with van der Waals surface area (Å²) in [6, 6.07) is 11.4. The normalized spacial score (nSPS) is 14.1. The van der Waals surface area contributed by atoms with Crippen LogP contribution in [0, 0.1) is 5.82 Å². The number of quaternary nitrogens is 1. The van der Waals surface area contributed by atoms with Crippen LogP contribution in [0.25, 0.3) is 11.1 Å². The van der Waals surface area contributed by atoms with E-state index in [0.29, 0.717) is 30.0 Å². The Bertz CT molecular complexity index is 1320. The van der Waals surface area contributed by atoms with E-state index in [4.69, 9.17) is 0 Å². The van der Waals surface area contributed by atoms with Gasteiger partial charge in [0.1, 0.15) is 11.6 Å². The van der Waals surface area contributed by atoms with Gasteiger partial charge in [-0.25, -0.2) is 9.37 Å². The third-order valence-electron chi connectivity index (χ3n) is 6.20. The van der Waals surface area contributed by atoms with Crippen LogP contribution in [0.2, 0.25) is 0 Å². The maximum absolute atomic E-state index is 14.7. The molecule has 3 aromatic rings. The molecule has 2 aromatic carbocycles. The highest BCUT2D eigenvalue weighted by atomic mass is 19.4. The zero-order chi connectivity index (χ0) is 28.0. The second kappa shape index (κ2) is 12.2. The van der Waals surface area contributed by atoms with E-state index in [0.717, 1.165) is 19.2 Å². The van der Waals surface area contributed by atoms with Crippen molar-refractivity contribution < 1.29 is 32.5 Å². The second-order valence-corrected chi connectivity index (χ2v) is 9.22. The molecule has 1 saturated heterocycles. The number of piperazine rings is 1. The van der Waals surface area contributed by atoms with Crippen LogP contribution in [0.4, 0.5) is 34.8 Å². The number of carbonyl (C=O) groups excluding carboxylic acids is 2. The Labute approximate surface area is 222 Å². The van der Waals surface area contributed by atoms with Crippen LogP contribution in [0.5, 0.6) is 0 Å². The van der Waals surface area contributed by atoms with Crippen LogP contribution in [-0.4, -0.2) is 54.4 Å². The first-order valence-electron chi connectivity index (χ1n) is 12.4. The number of nitrogens with zero attached hydrogens (tertiary/aromatic N) is 2. The first kappa shape index (κ1) is 28.0. The molecule has 1 fully saturated rings. The van der Waals surface area contributed by atoms with E-state index in [-0.39, 0.29) is 35.9 Å².